The SMILES string of the molecule is CN(C)c1ccc(C#C[n+]2ccccc2)cc1.[Br-]. The molecule has 0 N–H and O–H groups in total. The van der Waals surface area contributed by atoms with E-state index in [4.69, 9.17) is 0 Å². The van der Waals surface area contributed by atoms with Crippen molar-refractivity contribution in [3.05, 3.63) is 60.4 Å². The van der Waals surface area contributed by atoms with E-state index in [1.807, 2.05) is 61.4 Å². The van der Waals surface area contributed by atoms with Gasteiger partial charge in [0.25, 0.3) is 0 Å². The van der Waals surface area contributed by atoms with Gasteiger partial charge >= 0.3 is 0 Å². The first-order valence-electron chi connectivity index (χ1n) is 5.51. The van der Waals surface area contributed by atoms with Gasteiger partial charge in [-0.05, 0) is 24.3 Å². The van der Waals surface area contributed by atoms with E-state index < -0.39 is 0 Å². The van der Waals surface area contributed by atoms with E-state index in [9.17, 15) is 0 Å². The number of nitrogens with zero attached hydrogens (tertiary/aromatic N) is 2. The van der Waals surface area contributed by atoms with Crippen molar-refractivity contribution in [1.29, 1.82) is 0 Å². The number of rotatable bonds is 1. The van der Waals surface area contributed by atoms with Gasteiger partial charge in [0.05, 0.1) is 0 Å². The second-order valence-electron chi connectivity index (χ2n) is 3.96. The Labute approximate surface area is 119 Å². The number of anilines is 1. The van der Waals surface area contributed by atoms with Crippen LogP contribution in [0.1, 0.15) is 5.56 Å². The molecule has 0 aliphatic carbocycles. The summed E-state index contributed by atoms with van der Waals surface area (Å²) in [6.45, 7) is 0. The van der Waals surface area contributed by atoms with Crippen molar-refractivity contribution in [2.75, 3.05) is 19.0 Å². The maximum atomic E-state index is 3.12. The minimum absolute atomic E-state index is 0. The Morgan fingerprint density at radius 3 is 2.11 bits per heavy atom. The fourth-order valence-electron chi connectivity index (χ4n) is 1.45. The van der Waals surface area contributed by atoms with Crippen molar-refractivity contribution in [3.63, 3.8) is 0 Å². The van der Waals surface area contributed by atoms with Gasteiger partial charge in [-0.25, -0.2) is 0 Å². The van der Waals surface area contributed by atoms with E-state index in [0.29, 0.717) is 0 Å². The number of benzene rings is 1. The fraction of sp³-hybridized carbons (Fsp3) is 0.133. The molecule has 0 saturated heterocycles. The van der Waals surface area contributed by atoms with Crippen LogP contribution in [0.25, 0.3) is 0 Å². The topological polar surface area (TPSA) is 7.12 Å². The van der Waals surface area contributed by atoms with E-state index in [2.05, 4.69) is 29.0 Å². The Morgan fingerprint density at radius 2 is 1.56 bits per heavy atom. The second kappa shape index (κ2) is 6.83. The molecule has 0 radical (unpaired) electrons. The van der Waals surface area contributed by atoms with Gasteiger partial charge in [0.15, 0.2) is 12.4 Å². The number of hydrogen-bond acceptors (Lipinski definition) is 1. The van der Waals surface area contributed by atoms with E-state index in [1.54, 1.807) is 0 Å². The van der Waals surface area contributed by atoms with Crippen LogP contribution in [0.2, 0.25) is 0 Å². The maximum Gasteiger partial charge on any atom is 0.234 e. The van der Waals surface area contributed by atoms with Crippen molar-refractivity contribution >= 4 is 5.69 Å². The average Bonchev–Trinajstić information content (AvgIpc) is 2.38. The third-order valence-electron chi connectivity index (χ3n) is 2.43. The van der Waals surface area contributed by atoms with Gasteiger partial charge in [-0.2, -0.15) is 0 Å². The Balaban J connectivity index is 0.00000162. The summed E-state index contributed by atoms with van der Waals surface area (Å²) >= 11 is 0. The van der Waals surface area contributed by atoms with E-state index >= 15 is 0 Å². The van der Waals surface area contributed by atoms with Gasteiger partial charge in [-0.15, -0.1) is 4.57 Å². The molecular formula is C15H15BrN2. The van der Waals surface area contributed by atoms with Crippen LogP contribution in [0, 0.1) is 12.0 Å². The molecule has 18 heavy (non-hydrogen) atoms. The zero-order chi connectivity index (χ0) is 12.1. The van der Waals surface area contributed by atoms with Crippen molar-refractivity contribution in [1.82, 2.24) is 0 Å². The Morgan fingerprint density at radius 1 is 0.944 bits per heavy atom. The van der Waals surface area contributed by atoms with Crippen LogP contribution in [-0.4, -0.2) is 14.1 Å². The molecule has 1 aromatic carbocycles. The van der Waals surface area contributed by atoms with Crippen LogP contribution >= 0.6 is 0 Å². The van der Waals surface area contributed by atoms with Crippen molar-refractivity contribution in [2.45, 2.75) is 0 Å². The molecule has 2 nitrogen and oxygen atoms in total. The summed E-state index contributed by atoms with van der Waals surface area (Å²) in [5, 5.41) is 0. The molecule has 0 unspecified atom stereocenters. The number of aromatic nitrogens is 1. The second-order valence-corrected chi connectivity index (χ2v) is 3.96. The molecule has 0 aliphatic rings. The molecular weight excluding hydrogens is 288 g/mol. The molecule has 0 spiro atoms. The highest BCUT2D eigenvalue weighted by Crippen LogP contribution is 2.11. The Kier molecular flexibility index (Phi) is 5.41. The third-order valence-corrected chi connectivity index (χ3v) is 2.43. The molecule has 0 amide bonds. The van der Waals surface area contributed by atoms with Gasteiger partial charge in [0.1, 0.15) is 0 Å². The molecule has 2 aromatic rings. The standard InChI is InChI=1S/C15H15N2.BrH/c1-16(2)15-8-6-14(7-9-15)10-13-17-11-4-3-5-12-17;/h3-9,11-12H,1-2H3;1H/q+1;/p-1. The van der Waals surface area contributed by atoms with Gasteiger partial charge in [-0.1, -0.05) is 6.07 Å². The lowest BCUT2D eigenvalue weighted by Gasteiger charge is -2.11. The summed E-state index contributed by atoms with van der Waals surface area (Å²) in [5.74, 6) is 3.12. The minimum atomic E-state index is 0. The van der Waals surface area contributed by atoms with Crippen LogP contribution in [0.4, 0.5) is 5.69 Å². The van der Waals surface area contributed by atoms with Crippen molar-refractivity contribution in [3.8, 4) is 12.0 Å². The van der Waals surface area contributed by atoms with Crippen molar-refractivity contribution in [2.24, 2.45) is 0 Å². The number of halogens is 1. The summed E-state index contributed by atoms with van der Waals surface area (Å²) in [6.07, 6.45) is 3.86. The number of pyridine rings is 1. The van der Waals surface area contributed by atoms with Crippen LogP contribution in [0.15, 0.2) is 54.9 Å². The highest BCUT2D eigenvalue weighted by molar-refractivity contribution is 5.49. The molecule has 0 bridgehead atoms. The average molecular weight is 303 g/mol. The number of hydrogen-bond donors (Lipinski definition) is 0. The highest BCUT2D eigenvalue weighted by atomic mass is 79.9. The van der Waals surface area contributed by atoms with Crippen LogP contribution in [-0.2, 0) is 0 Å². The summed E-state index contributed by atoms with van der Waals surface area (Å²) < 4.78 is 1.85. The lowest BCUT2D eigenvalue weighted by atomic mass is 10.2. The summed E-state index contributed by atoms with van der Waals surface area (Å²) in [7, 11) is 4.06. The maximum absolute atomic E-state index is 3.12. The molecule has 92 valence electrons. The first kappa shape index (κ1) is 14.3. The largest absolute Gasteiger partial charge is 1.00 e. The molecule has 1 heterocycles. The summed E-state index contributed by atoms with van der Waals surface area (Å²) in [4.78, 5) is 2.07. The van der Waals surface area contributed by atoms with Gasteiger partial charge in [-0.3, -0.25) is 0 Å². The molecule has 3 heteroatoms. The normalized spacial score (nSPS) is 8.78. The Bertz CT molecular complexity index is 536. The smallest absolute Gasteiger partial charge is 0.234 e. The highest BCUT2D eigenvalue weighted by Gasteiger charge is 1.95. The zero-order valence-electron chi connectivity index (χ0n) is 10.5. The molecule has 1 aromatic heterocycles. The zero-order valence-corrected chi connectivity index (χ0v) is 12.1. The molecule has 2 rings (SSSR count). The minimum Gasteiger partial charge on any atom is -1.00 e. The van der Waals surface area contributed by atoms with Crippen LogP contribution < -0.4 is 26.4 Å². The van der Waals surface area contributed by atoms with Gasteiger partial charge in [0.2, 0.25) is 6.04 Å². The monoisotopic (exact) mass is 302 g/mol. The molecule has 0 aliphatic heterocycles. The summed E-state index contributed by atoms with van der Waals surface area (Å²) in [6, 6.07) is 17.2. The molecule has 0 fully saturated rings. The van der Waals surface area contributed by atoms with Crippen molar-refractivity contribution < 1.29 is 21.5 Å². The van der Waals surface area contributed by atoms with Crippen LogP contribution in [0.5, 0.6) is 0 Å². The lowest BCUT2D eigenvalue weighted by Crippen LogP contribution is -3.00. The first-order valence-corrected chi connectivity index (χ1v) is 5.51. The predicted molar refractivity (Wildman–Crippen MR) is 69.7 cm³/mol. The Hall–Kier alpha value is -1.79. The van der Waals surface area contributed by atoms with Gasteiger partial charge < -0.3 is 21.9 Å². The first-order chi connectivity index (χ1) is 8.25. The quantitative estimate of drug-likeness (QED) is 0.479. The lowest BCUT2D eigenvalue weighted by molar-refractivity contribution is -0.583. The third kappa shape index (κ3) is 3.90. The fourth-order valence-corrected chi connectivity index (χ4v) is 1.45. The van der Waals surface area contributed by atoms with Crippen LogP contribution in [0.3, 0.4) is 0 Å². The molecule has 0 saturated carbocycles. The molecule has 0 atom stereocenters. The predicted octanol–water partition coefficient (Wildman–Crippen LogP) is -1.10. The van der Waals surface area contributed by atoms with E-state index in [1.165, 1.54) is 5.69 Å². The van der Waals surface area contributed by atoms with Gasteiger partial charge in [0, 0.05) is 43.4 Å². The summed E-state index contributed by atoms with van der Waals surface area (Å²) in [5.41, 5.74) is 2.20. The van der Waals surface area contributed by atoms with E-state index in [0.717, 1.165) is 5.56 Å². The van der Waals surface area contributed by atoms with E-state index in [-0.39, 0.29) is 17.0 Å².